The number of para-hydroxylation sites is 1. The second-order valence-corrected chi connectivity index (χ2v) is 6.29. The van der Waals surface area contributed by atoms with Gasteiger partial charge in [0.2, 0.25) is 0 Å². The Kier molecular flexibility index (Phi) is 4.94. The van der Waals surface area contributed by atoms with E-state index in [0.29, 0.717) is 0 Å². The molecule has 0 unspecified atom stereocenters. The molecule has 0 fully saturated rings. The second-order valence-electron chi connectivity index (χ2n) is 6.29. The maximum absolute atomic E-state index is 10.1. The van der Waals surface area contributed by atoms with E-state index in [1.807, 2.05) is 68.4 Å². The Bertz CT molecular complexity index is 586. The Labute approximate surface area is 133 Å². The fourth-order valence-electron chi connectivity index (χ4n) is 1.60. The third-order valence-corrected chi connectivity index (χ3v) is 3.82. The Balaban J connectivity index is 1.95. The summed E-state index contributed by atoms with van der Waals surface area (Å²) in [6.07, 6.45) is 0. The zero-order valence-electron chi connectivity index (χ0n) is 13.5. The zero-order chi connectivity index (χ0) is 16.2. The van der Waals surface area contributed by atoms with Crippen molar-refractivity contribution < 1.29 is 14.5 Å². The molecule has 3 nitrogen and oxygen atoms in total. The highest BCUT2D eigenvalue weighted by molar-refractivity contribution is 6.47. The van der Waals surface area contributed by atoms with Gasteiger partial charge in [-0.3, -0.25) is 0 Å². The van der Waals surface area contributed by atoms with Crippen LogP contribution in [0.1, 0.15) is 27.7 Å². The summed E-state index contributed by atoms with van der Waals surface area (Å²) in [6, 6.07) is 17.3. The first-order valence-electron chi connectivity index (χ1n) is 7.34. The number of aliphatic hydroxyl groups is 1. The largest absolute Gasteiger partial charge is 0.457 e. The van der Waals surface area contributed by atoms with Crippen LogP contribution in [0.2, 0.25) is 0 Å². The van der Waals surface area contributed by atoms with Crippen LogP contribution in [0.15, 0.2) is 54.6 Å². The van der Waals surface area contributed by atoms with Gasteiger partial charge >= 0.3 is 7.48 Å². The topological polar surface area (TPSA) is 38.7 Å². The number of ether oxygens (including phenoxy) is 1. The van der Waals surface area contributed by atoms with Crippen molar-refractivity contribution in [1.29, 1.82) is 0 Å². The van der Waals surface area contributed by atoms with Crippen molar-refractivity contribution in [1.82, 2.24) is 0 Å². The van der Waals surface area contributed by atoms with E-state index in [4.69, 9.17) is 9.39 Å². The van der Waals surface area contributed by atoms with Crippen LogP contribution in [0.5, 0.6) is 11.5 Å². The summed E-state index contributed by atoms with van der Waals surface area (Å²) in [6.45, 7) is 7.18. The highest BCUT2D eigenvalue weighted by atomic mass is 16.5. The molecule has 1 N–H and O–H groups in total. The summed E-state index contributed by atoms with van der Waals surface area (Å²) in [5.41, 5.74) is -0.691. The Morgan fingerprint density at radius 3 is 1.91 bits per heavy atom. The summed E-state index contributed by atoms with van der Waals surface area (Å²) >= 11 is 0. The Morgan fingerprint density at radius 1 is 0.818 bits per heavy atom. The van der Waals surface area contributed by atoms with Gasteiger partial charge in [-0.05, 0) is 52.0 Å². The predicted molar refractivity (Wildman–Crippen MR) is 89.8 cm³/mol. The monoisotopic (exact) mass is 297 g/mol. The van der Waals surface area contributed by atoms with Gasteiger partial charge < -0.3 is 14.5 Å². The molecule has 0 bridgehead atoms. The van der Waals surface area contributed by atoms with Crippen LogP contribution in [-0.2, 0) is 4.65 Å². The summed E-state index contributed by atoms with van der Waals surface area (Å²) in [5, 5.41) is 10.1. The number of benzene rings is 2. The Morgan fingerprint density at radius 2 is 1.36 bits per heavy atom. The SMILES string of the molecule is CC(C)(O)C(C)(C)O[B]c1ccc(Oc2ccccc2)cc1. The van der Waals surface area contributed by atoms with E-state index in [9.17, 15) is 5.11 Å². The molecule has 2 aromatic carbocycles. The molecule has 0 atom stereocenters. The molecule has 0 aliphatic carbocycles. The standard InChI is InChI=1S/C18H22BO3/c1-17(2,20)18(3,4)22-19-14-10-12-16(13-11-14)21-15-8-6-5-7-9-15/h5-13,20H,1-4H3. The van der Waals surface area contributed by atoms with Crippen molar-refractivity contribution >= 4 is 12.9 Å². The van der Waals surface area contributed by atoms with Crippen molar-refractivity contribution in [3.63, 3.8) is 0 Å². The lowest BCUT2D eigenvalue weighted by Crippen LogP contribution is -2.49. The van der Waals surface area contributed by atoms with Crippen LogP contribution < -0.4 is 10.2 Å². The van der Waals surface area contributed by atoms with Crippen molar-refractivity contribution in [2.45, 2.75) is 38.9 Å². The first-order valence-corrected chi connectivity index (χ1v) is 7.34. The second kappa shape index (κ2) is 6.55. The lowest BCUT2D eigenvalue weighted by Gasteiger charge is -2.37. The van der Waals surface area contributed by atoms with Gasteiger partial charge in [0.05, 0.1) is 11.2 Å². The predicted octanol–water partition coefficient (Wildman–Crippen LogP) is 3.29. The van der Waals surface area contributed by atoms with Crippen molar-refractivity contribution in [2.75, 3.05) is 0 Å². The molecule has 0 aliphatic rings. The average molecular weight is 297 g/mol. The van der Waals surface area contributed by atoms with E-state index in [0.717, 1.165) is 17.0 Å². The van der Waals surface area contributed by atoms with E-state index >= 15 is 0 Å². The molecule has 0 spiro atoms. The van der Waals surface area contributed by atoms with Crippen LogP contribution in [-0.4, -0.2) is 23.8 Å². The van der Waals surface area contributed by atoms with E-state index in [1.165, 1.54) is 0 Å². The first-order chi connectivity index (χ1) is 10.3. The minimum absolute atomic E-state index is 0.674. The molecular formula is C18H22BO3. The smallest absolute Gasteiger partial charge is 0.330 e. The number of hydrogen-bond acceptors (Lipinski definition) is 3. The molecule has 0 saturated carbocycles. The van der Waals surface area contributed by atoms with E-state index in [2.05, 4.69) is 0 Å². The van der Waals surface area contributed by atoms with Crippen LogP contribution in [0.25, 0.3) is 0 Å². The van der Waals surface area contributed by atoms with Crippen molar-refractivity contribution in [2.24, 2.45) is 0 Å². The minimum atomic E-state index is -0.931. The van der Waals surface area contributed by atoms with Gasteiger partial charge in [0.15, 0.2) is 0 Å². The molecule has 115 valence electrons. The van der Waals surface area contributed by atoms with Gasteiger partial charge in [0.25, 0.3) is 0 Å². The molecule has 22 heavy (non-hydrogen) atoms. The Hall–Kier alpha value is -1.78. The third-order valence-electron chi connectivity index (χ3n) is 3.82. The normalized spacial score (nSPS) is 12.0. The third kappa shape index (κ3) is 4.36. The van der Waals surface area contributed by atoms with Gasteiger partial charge in [-0.15, -0.1) is 0 Å². The average Bonchev–Trinajstić information content (AvgIpc) is 2.46. The molecule has 2 rings (SSSR count). The van der Waals surface area contributed by atoms with Gasteiger partial charge in [-0.2, -0.15) is 0 Å². The molecular weight excluding hydrogens is 275 g/mol. The molecule has 0 aromatic heterocycles. The van der Waals surface area contributed by atoms with Crippen LogP contribution >= 0.6 is 0 Å². The maximum atomic E-state index is 10.1. The highest BCUT2D eigenvalue weighted by Gasteiger charge is 2.35. The summed E-state index contributed by atoms with van der Waals surface area (Å²) in [5.74, 6) is 1.57. The molecule has 1 radical (unpaired) electrons. The fraction of sp³-hybridized carbons (Fsp3) is 0.333. The summed E-state index contributed by atoms with van der Waals surface area (Å²) < 4.78 is 11.5. The number of hydrogen-bond donors (Lipinski definition) is 1. The molecule has 2 aromatic rings. The van der Waals surface area contributed by atoms with Crippen LogP contribution in [0.3, 0.4) is 0 Å². The summed E-state index contributed by atoms with van der Waals surface area (Å²) in [7, 11) is 1.66. The summed E-state index contributed by atoms with van der Waals surface area (Å²) in [4.78, 5) is 0. The minimum Gasteiger partial charge on any atom is -0.457 e. The molecule has 0 amide bonds. The van der Waals surface area contributed by atoms with E-state index < -0.39 is 11.2 Å². The van der Waals surface area contributed by atoms with Gasteiger partial charge in [0, 0.05) is 0 Å². The quantitative estimate of drug-likeness (QED) is 0.832. The van der Waals surface area contributed by atoms with Gasteiger partial charge in [-0.1, -0.05) is 35.8 Å². The molecule has 4 heteroatoms. The fourth-order valence-corrected chi connectivity index (χ4v) is 1.60. The van der Waals surface area contributed by atoms with Gasteiger partial charge in [0.1, 0.15) is 11.5 Å². The van der Waals surface area contributed by atoms with Crippen LogP contribution in [0.4, 0.5) is 0 Å². The molecule has 0 heterocycles. The van der Waals surface area contributed by atoms with E-state index in [-0.39, 0.29) is 0 Å². The van der Waals surface area contributed by atoms with Crippen molar-refractivity contribution in [3.05, 3.63) is 54.6 Å². The zero-order valence-corrected chi connectivity index (χ0v) is 13.5. The van der Waals surface area contributed by atoms with Crippen LogP contribution in [0, 0.1) is 0 Å². The lowest BCUT2D eigenvalue weighted by molar-refractivity contribution is -0.0893. The maximum Gasteiger partial charge on any atom is 0.330 e. The van der Waals surface area contributed by atoms with Crippen molar-refractivity contribution in [3.8, 4) is 11.5 Å². The lowest BCUT2D eigenvalue weighted by atomic mass is 9.82. The first kappa shape index (κ1) is 16.6. The number of rotatable bonds is 6. The van der Waals surface area contributed by atoms with E-state index in [1.54, 1.807) is 21.3 Å². The molecule has 0 saturated heterocycles. The van der Waals surface area contributed by atoms with Gasteiger partial charge in [-0.25, -0.2) is 0 Å². The molecule has 0 aliphatic heterocycles. The highest BCUT2D eigenvalue weighted by Crippen LogP contribution is 2.24.